The van der Waals surface area contributed by atoms with E-state index in [0.29, 0.717) is 0 Å². The lowest BCUT2D eigenvalue weighted by Crippen LogP contribution is -2.38. The fourth-order valence-electron chi connectivity index (χ4n) is 1.27. The van der Waals surface area contributed by atoms with Crippen molar-refractivity contribution in [3.8, 4) is 0 Å². The molecule has 0 aromatic carbocycles. The molecule has 0 saturated heterocycles. The molecule has 0 aromatic heterocycles. The number of esters is 1. The van der Waals surface area contributed by atoms with Gasteiger partial charge in [0, 0.05) is 12.5 Å². The summed E-state index contributed by atoms with van der Waals surface area (Å²) in [6.45, 7) is 4.81. The zero-order valence-electron chi connectivity index (χ0n) is 8.65. The molecule has 0 radical (unpaired) electrons. The SMILES string of the molecule is CC1=CC(=O)O[C@H]1CC(O)C(C)(C)O. The summed E-state index contributed by atoms with van der Waals surface area (Å²) in [5, 5.41) is 19.1. The van der Waals surface area contributed by atoms with Crippen LogP contribution in [0.5, 0.6) is 0 Å². The number of rotatable bonds is 3. The Morgan fingerprint density at radius 1 is 1.64 bits per heavy atom. The van der Waals surface area contributed by atoms with E-state index in [4.69, 9.17) is 4.74 Å². The van der Waals surface area contributed by atoms with Gasteiger partial charge in [-0.1, -0.05) is 0 Å². The lowest BCUT2D eigenvalue weighted by atomic mass is 9.94. The topological polar surface area (TPSA) is 66.8 Å². The van der Waals surface area contributed by atoms with Crippen LogP contribution in [0.15, 0.2) is 11.6 Å². The minimum Gasteiger partial charge on any atom is -0.455 e. The van der Waals surface area contributed by atoms with Gasteiger partial charge in [0.05, 0.1) is 11.7 Å². The lowest BCUT2D eigenvalue weighted by molar-refractivity contribution is -0.141. The molecule has 2 atom stereocenters. The molecule has 0 fully saturated rings. The summed E-state index contributed by atoms with van der Waals surface area (Å²) in [7, 11) is 0. The average Bonchev–Trinajstić information content (AvgIpc) is 2.28. The largest absolute Gasteiger partial charge is 0.455 e. The van der Waals surface area contributed by atoms with E-state index < -0.39 is 17.8 Å². The Balaban J connectivity index is 2.55. The van der Waals surface area contributed by atoms with Gasteiger partial charge in [-0.25, -0.2) is 4.79 Å². The highest BCUT2D eigenvalue weighted by molar-refractivity contribution is 5.85. The lowest BCUT2D eigenvalue weighted by Gasteiger charge is -2.26. The molecule has 0 aromatic rings. The molecule has 1 aliphatic rings. The van der Waals surface area contributed by atoms with Gasteiger partial charge in [-0.15, -0.1) is 0 Å². The van der Waals surface area contributed by atoms with Gasteiger partial charge >= 0.3 is 5.97 Å². The van der Waals surface area contributed by atoms with E-state index in [-0.39, 0.29) is 12.4 Å². The first kappa shape index (κ1) is 11.2. The summed E-state index contributed by atoms with van der Waals surface area (Å²) in [5.74, 6) is -0.379. The predicted molar refractivity (Wildman–Crippen MR) is 50.6 cm³/mol. The molecule has 0 saturated carbocycles. The molecular formula is C10H16O4. The molecule has 1 heterocycles. The van der Waals surface area contributed by atoms with E-state index in [1.165, 1.54) is 19.9 Å². The molecule has 0 aliphatic carbocycles. The smallest absolute Gasteiger partial charge is 0.331 e. The van der Waals surface area contributed by atoms with E-state index in [0.717, 1.165) is 5.57 Å². The standard InChI is InChI=1S/C10H16O4/c1-6-4-9(12)14-7(6)5-8(11)10(2,3)13/h4,7-8,11,13H,5H2,1-3H3/t7-,8?/m0/s1. The second-order valence-electron chi connectivity index (χ2n) is 4.22. The highest BCUT2D eigenvalue weighted by atomic mass is 16.5. The van der Waals surface area contributed by atoms with Crippen molar-refractivity contribution in [3.05, 3.63) is 11.6 Å². The normalized spacial score (nSPS) is 24.5. The highest BCUT2D eigenvalue weighted by Crippen LogP contribution is 2.23. The Bertz CT molecular complexity index is 262. The van der Waals surface area contributed by atoms with Gasteiger partial charge in [0.25, 0.3) is 0 Å². The van der Waals surface area contributed by atoms with Gasteiger partial charge < -0.3 is 14.9 Å². The van der Waals surface area contributed by atoms with E-state index in [2.05, 4.69) is 0 Å². The molecule has 80 valence electrons. The van der Waals surface area contributed by atoms with Crippen LogP contribution in [0.2, 0.25) is 0 Å². The van der Waals surface area contributed by atoms with Gasteiger partial charge in [-0.05, 0) is 26.3 Å². The highest BCUT2D eigenvalue weighted by Gasteiger charge is 2.32. The number of ether oxygens (including phenoxy) is 1. The van der Waals surface area contributed by atoms with Gasteiger partial charge in [0.15, 0.2) is 0 Å². The summed E-state index contributed by atoms with van der Waals surface area (Å²) in [6, 6.07) is 0. The van der Waals surface area contributed by atoms with Crippen molar-refractivity contribution in [2.75, 3.05) is 0 Å². The summed E-state index contributed by atoms with van der Waals surface area (Å²) < 4.78 is 4.94. The first-order chi connectivity index (χ1) is 6.30. The van der Waals surface area contributed by atoms with E-state index in [1.54, 1.807) is 6.92 Å². The number of hydrogen-bond donors (Lipinski definition) is 2. The van der Waals surface area contributed by atoms with Crippen LogP contribution < -0.4 is 0 Å². The van der Waals surface area contributed by atoms with Crippen molar-refractivity contribution in [1.82, 2.24) is 0 Å². The van der Waals surface area contributed by atoms with Gasteiger partial charge in [0.1, 0.15) is 6.10 Å². The van der Waals surface area contributed by atoms with Crippen LogP contribution in [0, 0.1) is 0 Å². The maximum Gasteiger partial charge on any atom is 0.331 e. The third kappa shape index (κ3) is 2.56. The first-order valence-electron chi connectivity index (χ1n) is 4.60. The Morgan fingerprint density at radius 3 is 2.57 bits per heavy atom. The fourth-order valence-corrected chi connectivity index (χ4v) is 1.27. The minimum absolute atomic E-state index is 0.234. The van der Waals surface area contributed by atoms with Crippen LogP contribution in [-0.2, 0) is 9.53 Å². The second kappa shape index (κ2) is 3.71. The van der Waals surface area contributed by atoms with Gasteiger partial charge in [-0.2, -0.15) is 0 Å². The third-order valence-corrected chi connectivity index (χ3v) is 2.36. The Hall–Kier alpha value is -0.870. The Kier molecular flexibility index (Phi) is 2.97. The quantitative estimate of drug-likeness (QED) is 0.646. The molecule has 1 unspecified atom stereocenters. The van der Waals surface area contributed by atoms with Crippen LogP contribution in [0.1, 0.15) is 27.2 Å². The van der Waals surface area contributed by atoms with Crippen molar-refractivity contribution in [1.29, 1.82) is 0 Å². The molecular weight excluding hydrogens is 184 g/mol. The molecule has 0 amide bonds. The summed E-state index contributed by atoms with van der Waals surface area (Å²) in [4.78, 5) is 10.9. The second-order valence-corrected chi connectivity index (χ2v) is 4.22. The Labute approximate surface area is 83.2 Å². The monoisotopic (exact) mass is 200 g/mol. The maximum absolute atomic E-state index is 10.9. The number of aliphatic hydroxyl groups excluding tert-OH is 1. The number of aliphatic hydroxyl groups is 2. The van der Waals surface area contributed by atoms with Crippen molar-refractivity contribution < 1.29 is 19.7 Å². The van der Waals surface area contributed by atoms with E-state index in [1.807, 2.05) is 0 Å². The first-order valence-corrected chi connectivity index (χ1v) is 4.60. The van der Waals surface area contributed by atoms with E-state index in [9.17, 15) is 15.0 Å². The van der Waals surface area contributed by atoms with Crippen molar-refractivity contribution in [2.24, 2.45) is 0 Å². The molecule has 4 nitrogen and oxygen atoms in total. The molecule has 0 spiro atoms. The molecule has 2 N–H and O–H groups in total. The zero-order chi connectivity index (χ0) is 10.9. The number of carbonyl (C=O) groups is 1. The van der Waals surface area contributed by atoms with Crippen LogP contribution in [0.3, 0.4) is 0 Å². The van der Waals surface area contributed by atoms with Crippen LogP contribution in [0.25, 0.3) is 0 Å². The minimum atomic E-state index is -1.17. The van der Waals surface area contributed by atoms with Crippen LogP contribution >= 0.6 is 0 Å². The zero-order valence-corrected chi connectivity index (χ0v) is 8.65. The number of hydrogen-bond acceptors (Lipinski definition) is 4. The predicted octanol–water partition coefficient (Wildman–Crippen LogP) is 0.380. The summed E-state index contributed by atoms with van der Waals surface area (Å²) in [5.41, 5.74) is -0.381. The van der Waals surface area contributed by atoms with Crippen LogP contribution in [-0.4, -0.2) is 34.0 Å². The molecule has 1 rings (SSSR count). The fraction of sp³-hybridized carbons (Fsp3) is 0.700. The van der Waals surface area contributed by atoms with Crippen molar-refractivity contribution in [3.63, 3.8) is 0 Å². The number of carbonyl (C=O) groups excluding carboxylic acids is 1. The van der Waals surface area contributed by atoms with Crippen LogP contribution in [0.4, 0.5) is 0 Å². The maximum atomic E-state index is 10.9. The molecule has 1 aliphatic heterocycles. The summed E-state index contributed by atoms with van der Waals surface area (Å²) >= 11 is 0. The van der Waals surface area contributed by atoms with Gasteiger partial charge in [-0.3, -0.25) is 0 Å². The van der Waals surface area contributed by atoms with Crippen molar-refractivity contribution in [2.45, 2.75) is 45.0 Å². The average molecular weight is 200 g/mol. The molecule has 14 heavy (non-hydrogen) atoms. The molecule has 4 heteroatoms. The van der Waals surface area contributed by atoms with Gasteiger partial charge in [0.2, 0.25) is 0 Å². The molecule has 0 bridgehead atoms. The van der Waals surface area contributed by atoms with Crippen molar-refractivity contribution >= 4 is 5.97 Å². The Morgan fingerprint density at radius 2 is 2.21 bits per heavy atom. The summed E-state index contributed by atoms with van der Waals surface area (Å²) in [6.07, 6.45) is 0.338. The number of cyclic esters (lactones) is 1. The van der Waals surface area contributed by atoms with E-state index >= 15 is 0 Å². The third-order valence-electron chi connectivity index (χ3n) is 2.36.